The molecule has 0 unspecified atom stereocenters. The van der Waals surface area contributed by atoms with Gasteiger partial charge < -0.3 is 15.4 Å². The van der Waals surface area contributed by atoms with E-state index in [2.05, 4.69) is 20.6 Å². The number of anilines is 3. The Morgan fingerprint density at radius 2 is 1.43 bits per heavy atom. The zero-order valence-electron chi connectivity index (χ0n) is 15.8. The van der Waals surface area contributed by atoms with Gasteiger partial charge in [0.25, 0.3) is 5.91 Å². The molecule has 1 heterocycles. The van der Waals surface area contributed by atoms with Crippen LogP contribution in [0.1, 0.15) is 28.7 Å². The third-order valence-electron chi connectivity index (χ3n) is 3.76. The Hall–Kier alpha value is -3.74. The van der Waals surface area contributed by atoms with E-state index in [1.165, 1.54) is 6.92 Å². The predicted molar refractivity (Wildman–Crippen MR) is 107 cm³/mol. The lowest BCUT2D eigenvalue weighted by atomic mass is 10.2. The Bertz CT molecular complexity index is 979. The molecule has 0 aliphatic rings. The van der Waals surface area contributed by atoms with Gasteiger partial charge in [0.05, 0.1) is 0 Å². The van der Waals surface area contributed by atoms with Gasteiger partial charge >= 0.3 is 5.97 Å². The van der Waals surface area contributed by atoms with Gasteiger partial charge in [-0.3, -0.25) is 9.59 Å². The van der Waals surface area contributed by atoms with Crippen LogP contribution in [-0.4, -0.2) is 21.8 Å². The smallest absolute Gasteiger partial charge is 0.308 e. The number of rotatable bonds is 5. The van der Waals surface area contributed by atoms with Crippen LogP contribution < -0.4 is 15.4 Å². The van der Waals surface area contributed by atoms with Crippen LogP contribution in [0.4, 0.5) is 17.3 Å². The van der Waals surface area contributed by atoms with E-state index in [9.17, 15) is 9.59 Å². The summed E-state index contributed by atoms with van der Waals surface area (Å²) in [5.74, 6) is 0.264. The molecular weight excluding hydrogens is 356 g/mol. The van der Waals surface area contributed by atoms with Crippen molar-refractivity contribution < 1.29 is 14.3 Å². The summed E-state index contributed by atoms with van der Waals surface area (Å²) in [6, 6.07) is 15.5. The molecule has 0 atom stereocenters. The fourth-order valence-electron chi connectivity index (χ4n) is 2.59. The van der Waals surface area contributed by atoms with Crippen molar-refractivity contribution in [3.8, 4) is 5.75 Å². The summed E-state index contributed by atoms with van der Waals surface area (Å²) in [6.07, 6.45) is 0. The maximum atomic E-state index is 12.3. The van der Waals surface area contributed by atoms with Crippen molar-refractivity contribution in [2.45, 2.75) is 20.8 Å². The maximum Gasteiger partial charge on any atom is 0.308 e. The lowest BCUT2D eigenvalue weighted by Crippen LogP contribution is -2.12. The van der Waals surface area contributed by atoms with E-state index in [4.69, 9.17) is 4.74 Å². The zero-order valence-corrected chi connectivity index (χ0v) is 15.8. The molecule has 3 aromatic rings. The molecule has 0 fully saturated rings. The van der Waals surface area contributed by atoms with Crippen molar-refractivity contribution in [1.82, 2.24) is 9.97 Å². The number of carbonyl (C=O) groups excluding carboxylic acids is 2. The Labute approximate surface area is 162 Å². The van der Waals surface area contributed by atoms with Crippen LogP contribution in [0, 0.1) is 13.8 Å². The largest absolute Gasteiger partial charge is 0.427 e. The zero-order chi connectivity index (χ0) is 20.1. The molecule has 7 nitrogen and oxygen atoms in total. The summed E-state index contributed by atoms with van der Waals surface area (Å²) in [7, 11) is 0. The van der Waals surface area contributed by atoms with Crippen LogP contribution in [0.15, 0.2) is 54.6 Å². The lowest BCUT2D eigenvalue weighted by Gasteiger charge is -2.09. The highest BCUT2D eigenvalue weighted by Gasteiger charge is 2.07. The van der Waals surface area contributed by atoms with Crippen molar-refractivity contribution in [1.29, 1.82) is 0 Å². The summed E-state index contributed by atoms with van der Waals surface area (Å²) in [5.41, 5.74) is 3.70. The van der Waals surface area contributed by atoms with Crippen LogP contribution >= 0.6 is 0 Å². The number of esters is 1. The summed E-state index contributed by atoms with van der Waals surface area (Å²) < 4.78 is 4.96. The van der Waals surface area contributed by atoms with E-state index >= 15 is 0 Å². The van der Waals surface area contributed by atoms with Gasteiger partial charge in [-0.15, -0.1) is 0 Å². The van der Waals surface area contributed by atoms with Crippen LogP contribution in [0.25, 0.3) is 0 Å². The van der Waals surface area contributed by atoms with Crippen molar-refractivity contribution >= 4 is 29.2 Å². The number of benzene rings is 2. The van der Waals surface area contributed by atoms with Crippen molar-refractivity contribution in [2.24, 2.45) is 0 Å². The molecule has 0 radical (unpaired) electrons. The molecule has 7 heteroatoms. The third-order valence-corrected chi connectivity index (χ3v) is 3.76. The molecule has 0 spiro atoms. The molecule has 3 rings (SSSR count). The minimum atomic E-state index is -0.405. The number of hydrogen-bond acceptors (Lipinski definition) is 6. The average molecular weight is 376 g/mol. The highest BCUT2D eigenvalue weighted by Crippen LogP contribution is 2.19. The number of hydrogen-bond donors (Lipinski definition) is 2. The standard InChI is InChI=1S/C21H20N4O3/c1-13-12-14(2)23-21(22-13)25-18-8-6-17(7-9-18)24-20(27)16-4-10-19(11-5-16)28-15(3)26/h4-12H,1-3H3,(H,24,27)(H,22,23,25). The monoisotopic (exact) mass is 376 g/mol. The van der Waals surface area contributed by atoms with Gasteiger partial charge in [0, 0.05) is 35.2 Å². The van der Waals surface area contributed by atoms with E-state index in [1.54, 1.807) is 36.4 Å². The van der Waals surface area contributed by atoms with Gasteiger partial charge in [-0.25, -0.2) is 9.97 Å². The van der Waals surface area contributed by atoms with E-state index in [1.807, 2.05) is 32.0 Å². The van der Waals surface area contributed by atoms with E-state index in [0.717, 1.165) is 17.1 Å². The lowest BCUT2D eigenvalue weighted by molar-refractivity contribution is -0.131. The molecular formula is C21H20N4O3. The Morgan fingerprint density at radius 3 is 2.00 bits per heavy atom. The van der Waals surface area contributed by atoms with Gasteiger partial charge in [0.1, 0.15) is 5.75 Å². The van der Waals surface area contributed by atoms with E-state index < -0.39 is 5.97 Å². The van der Waals surface area contributed by atoms with Gasteiger partial charge in [0.15, 0.2) is 0 Å². The molecule has 142 valence electrons. The fraction of sp³-hybridized carbons (Fsp3) is 0.143. The number of nitrogens with zero attached hydrogens (tertiary/aromatic N) is 2. The van der Waals surface area contributed by atoms with Gasteiger partial charge in [-0.1, -0.05) is 0 Å². The number of aryl methyl sites for hydroxylation is 2. The molecule has 0 aliphatic carbocycles. The number of carbonyl (C=O) groups is 2. The highest BCUT2D eigenvalue weighted by atomic mass is 16.5. The van der Waals surface area contributed by atoms with Crippen LogP contribution in [-0.2, 0) is 4.79 Å². The Morgan fingerprint density at radius 1 is 0.857 bits per heavy atom. The second-order valence-corrected chi connectivity index (χ2v) is 6.25. The topological polar surface area (TPSA) is 93.2 Å². The maximum absolute atomic E-state index is 12.3. The van der Waals surface area contributed by atoms with Gasteiger partial charge in [0.2, 0.25) is 5.95 Å². The molecule has 0 bridgehead atoms. The van der Waals surface area contributed by atoms with Crippen LogP contribution in [0.2, 0.25) is 0 Å². The van der Waals surface area contributed by atoms with Crippen LogP contribution in [0.3, 0.4) is 0 Å². The predicted octanol–water partition coefficient (Wildman–Crippen LogP) is 4.01. The van der Waals surface area contributed by atoms with Crippen molar-refractivity contribution in [2.75, 3.05) is 10.6 Å². The van der Waals surface area contributed by atoms with E-state index in [-0.39, 0.29) is 5.91 Å². The van der Waals surface area contributed by atoms with E-state index in [0.29, 0.717) is 22.9 Å². The van der Waals surface area contributed by atoms with Crippen molar-refractivity contribution in [3.63, 3.8) is 0 Å². The first-order chi connectivity index (χ1) is 13.4. The summed E-state index contributed by atoms with van der Waals surface area (Å²) in [4.78, 5) is 32.0. The third kappa shape index (κ3) is 5.14. The molecule has 28 heavy (non-hydrogen) atoms. The van der Waals surface area contributed by atoms with Gasteiger partial charge in [-0.2, -0.15) is 0 Å². The highest BCUT2D eigenvalue weighted by molar-refractivity contribution is 6.04. The Kier molecular flexibility index (Phi) is 5.64. The van der Waals surface area contributed by atoms with Crippen LogP contribution in [0.5, 0.6) is 5.75 Å². The molecule has 0 saturated heterocycles. The summed E-state index contributed by atoms with van der Waals surface area (Å²) in [5, 5.41) is 5.97. The SMILES string of the molecule is CC(=O)Oc1ccc(C(=O)Nc2ccc(Nc3nc(C)cc(C)n3)cc2)cc1. The number of ether oxygens (including phenoxy) is 1. The number of amides is 1. The molecule has 0 saturated carbocycles. The molecule has 0 aliphatic heterocycles. The minimum Gasteiger partial charge on any atom is -0.427 e. The minimum absolute atomic E-state index is 0.257. The molecule has 1 amide bonds. The summed E-state index contributed by atoms with van der Waals surface area (Å²) >= 11 is 0. The number of nitrogens with one attached hydrogen (secondary N) is 2. The second-order valence-electron chi connectivity index (χ2n) is 6.25. The quantitative estimate of drug-likeness (QED) is 0.516. The van der Waals surface area contributed by atoms with Crippen molar-refractivity contribution in [3.05, 3.63) is 71.5 Å². The average Bonchev–Trinajstić information content (AvgIpc) is 2.62. The molecule has 2 N–H and O–H groups in total. The molecule has 1 aromatic heterocycles. The first kappa shape index (κ1) is 19.0. The first-order valence-corrected chi connectivity index (χ1v) is 8.68. The summed E-state index contributed by atoms with van der Waals surface area (Å²) in [6.45, 7) is 5.15. The Balaban J connectivity index is 1.63. The fourth-order valence-corrected chi connectivity index (χ4v) is 2.59. The number of aromatic nitrogens is 2. The first-order valence-electron chi connectivity index (χ1n) is 8.68. The second kappa shape index (κ2) is 8.30. The molecule has 2 aromatic carbocycles. The van der Waals surface area contributed by atoms with Gasteiger partial charge in [-0.05, 0) is 68.4 Å². The normalized spacial score (nSPS) is 10.2.